The summed E-state index contributed by atoms with van der Waals surface area (Å²) in [6.45, 7) is 1.84. The highest BCUT2D eigenvalue weighted by Gasteiger charge is 2.26. The second kappa shape index (κ2) is 5.63. The minimum atomic E-state index is -2.98. The third-order valence-electron chi connectivity index (χ3n) is 3.04. The Labute approximate surface area is 113 Å². The first-order valence-corrected chi connectivity index (χ1v) is 8.87. The average Bonchev–Trinajstić information content (AvgIpc) is 2.67. The van der Waals surface area contributed by atoms with Gasteiger partial charge >= 0.3 is 0 Å². The number of rotatable bonds is 5. The molecule has 18 heavy (non-hydrogen) atoms. The van der Waals surface area contributed by atoms with E-state index in [0.29, 0.717) is 6.42 Å². The maximum Gasteiger partial charge on any atom is 0.151 e. The molecule has 1 aromatic rings. The molecule has 0 fully saturated rings. The van der Waals surface area contributed by atoms with E-state index < -0.39 is 9.84 Å². The van der Waals surface area contributed by atoms with E-state index in [1.807, 2.05) is 19.1 Å². The highest BCUT2D eigenvalue weighted by molar-refractivity contribution is 8.01. The fraction of sp³-hybridized carbons (Fsp3) is 0.538. The monoisotopic (exact) mass is 285 g/mol. The summed E-state index contributed by atoms with van der Waals surface area (Å²) in [5.41, 5.74) is 6.88. The summed E-state index contributed by atoms with van der Waals surface area (Å²) in [6, 6.07) is 8.10. The summed E-state index contributed by atoms with van der Waals surface area (Å²) >= 11 is 1.69. The zero-order valence-corrected chi connectivity index (χ0v) is 12.1. The SMILES string of the molecule is CC(N)CCS(=O)(=O)CC1Cc2ccccc2S1. The van der Waals surface area contributed by atoms with Gasteiger partial charge in [0.05, 0.1) is 11.5 Å². The van der Waals surface area contributed by atoms with E-state index in [-0.39, 0.29) is 22.8 Å². The summed E-state index contributed by atoms with van der Waals surface area (Å²) in [5, 5.41) is 0.167. The van der Waals surface area contributed by atoms with Crippen molar-refractivity contribution in [1.29, 1.82) is 0 Å². The van der Waals surface area contributed by atoms with Crippen LogP contribution in [0.15, 0.2) is 29.2 Å². The number of thioether (sulfide) groups is 1. The Morgan fingerprint density at radius 1 is 1.44 bits per heavy atom. The van der Waals surface area contributed by atoms with Crippen molar-refractivity contribution in [3.63, 3.8) is 0 Å². The highest BCUT2D eigenvalue weighted by Crippen LogP contribution is 2.37. The maximum atomic E-state index is 12.0. The molecule has 0 saturated carbocycles. The summed E-state index contributed by atoms with van der Waals surface area (Å²) in [6.07, 6.45) is 1.41. The second-order valence-corrected chi connectivity index (χ2v) is 8.50. The van der Waals surface area contributed by atoms with Crippen molar-refractivity contribution in [3.8, 4) is 0 Å². The van der Waals surface area contributed by atoms with Crippen LogP contribution in [0.3, 0.4) is 0 Å². The number of fused-ring (bicyclic) bond motifs is 1. The lowest BCUT2D eigenvalue weighted by Crippen LogP contribution is -2.25. The van der Waals surface area contributed by atoms with Crippen molar-refractivity contribution in [1.82, 2.24) is 0 Å². The summed E-state index contributed by atoms with van der Waals surface area (Å²) in [4.78, 5) is 1.23. The predicted octanol–water partition coefficient (Wildman–Crippen LogP) is 1.86. The number of sulfone groups is 1. The van der Waals surface area contributed by atoms with Gasteiger partial charge in [0.1, 0.15) is 0 Å². The lowest BCUT2D eigenvalue weighted by molar-refractivity contribution is 0.586. The van der Waals surface area contributed by atoms with Crippen LogP contribution in [-0.4, -0.2) is 31.2 Å². The molecule has 2 unspecified atom stereocenters. The molecule has 0 amide bonds. The maximum absolute atomic E-state index is 12.0. The van der Waals surface area contributed by atoms with Gasteiger partial charge in [0.25, 0.3) is 0 Å². The zero-order valence-electron chi connectivity index (χ0n) is 10.5. The first kappa shape index (κ1) is 13.9. The molecule has 0 radical (unpaired) electrons. The Morgan fingerprint density at radius 2 is 2.17 bits per heavy atom. The van der Waals surface area contributed by atoms with Gasteiger partial charge in [-0.2, -0.15) is 0 Å². The fourth-order valence-corrected chi connectivity index (χ4v) is 5.64. The fourth-order valence-electron chi connectivity index (χ4n) is 2.08. The van der Waals surface area contributed by atoms with Crippen molar-refractivity contribution in [2.75, 3.05) is 11.5 Å². The Bertz CT molecular complexity index is 486. The third-order valence-corrected chi connectivity index (χ3v) is 6.34. The number of benzene rings is 1. The van der Waals surface area contributed by atoms with Gasteiger partial charge in [-0.3, -0.25) is 0 Å². The number of hydrogen-bond donors (Lipinski definition) is 1. The molecule has 1 heterocycles. The molecule has 0 saturated heterocycles. The molecular weight excluding hydrogens is 266 g/mol. The van der Waals surface area contributed by atoms with E-state index in [1.165, 1.54) is 10.5 Å². The van der Waals surface area contributed by atoms with Crippen molar-refractivity contribution in [2.24, 2.45) is 5.73 Å². The molecule has 0 bridgehead atoms. The van der Waals surface area contributed by atoms with Gasteiger partial charge in [-0.1, -0.05) is 18.2 Å². The Balaban J connectivity index is 1.93. The van der Waals surface area contributed by atoms with Crippen LogP contribution in [0.5, 0.6) is 0 Å². The summed E-state index contributed by atoms with van der Waals surface area (Å²) < 4.78 is 23.9. The van der Waals surface area contributed by atoms with Crippen LogP contribution >= 0.6 is 11.8 Å². The topological polar surface area (TPSA) is 60.2 Å². The third kappa shape index (κ3) is 3.73. The molecule has 1 aliphatic rings. The molecule has 1 aliphatic heterocycles. The van der Waals surface area contributed by atoms with E-state index in [0.717, 1.165) is 6.42 Å². The van der Waals surface area contributed by atoms with Crippen LogP contribution in [0.4, 0.5) is 0 Å². The van der Waals surface area contributed by atoms with Crippen molar-refractivity contribution in [3.05, 3.63) is 29.8 Å². The van der Waals surface area contributed by atoms with E-state index >= 15 is 0 Å². The van der Waals surface area contributed by atoms with Gasteiger partial charge in [-0.15, -0.1) is 11.8 Å². The van der Waals surface area contributed by atoms with Gasteiger partial charge in [-0.25, -0.2) is 8.42 Å². The summed E-state index contributed by atoms with van der Waals surface area (Å²) in [5.74, 6) is 0.469. The molecule has 0 aromatic heterocycles. The molecule has 2 N–H and O–H groups in total. The van der Waals surface area contributed by atoms with Gasteiger partial charge in [0.15, 0.2) is 9.84 Å². The molecule has 3 nitrogen and oxygen atoms in total. The lowest BCUT2D eigenvalue weighted by atomic mass is 10.1. The average molecular weight is 285 g/mol. The Kier molecular flexibility index (Phi) is 4.35. The summed E-state index contributed by atoms with van der Waals surface area (Å²) in [7, 11) is -2.98. The van der Waals surface area contributed by atoms with Crippen LogP contribution < -0.4 is 5.73 Å². The largest absolute Gasteiger partial charge is 0.328 e. The Hall–Kier alpha value is -0.520. The Morgan fingerprint density at radius 3 is 2.83 bits per heavy atom. The van der Waals surface area contributed by atoms with E-state index in [9.17, 15) is 8.42 Å². The van der Waals surface area contributed by atoms with E-state index in [2.05, 4.69) is 12.1 Å². The minimum absolute atomic E-state index is 0.0480. The zero-order chi connectivity index (χ0) is 13.2. The lowest BCUT2D eigenvalue weighted by Gasteiger charge is -2.10. The van der Waals surface area contributed by atoms with Crippen LogP contribution in [0.1, 0.15) is 18.9 Å². The van der Waals surface area contributed by atoms with Crippen molar-refractivity contribution in [2.45, 2.75) is 36.0 Å². The van der Waals surface area contributed by atoms with Crippen LogP contribution in [0.25, 0.3) is 0 Å². The van der Waals surface area contributed by atoms with Crippen LogP contribution in [0, 0.1) is 0 Å². The normalized spacial score (nSPS) is 20.7. The van der Waals surface area contributed by atoms with Crippen molar-refractivity contribution >= 4 is 21.6 Å². The molecular formula is C13H19NO2S2. The molecule has 0 spiro atoms. The number of nitrogens with two attached hydrogens (primary N) is 1. The van der Waals surface area contributed by atoms with Gasteiger partial charge in [0, 0.05) is 16.2 Å². The van der Waals surface area contributed by atoms with Gasteiger partial charge < -0.3 is 5.73 Å². The predicted molar refractivity (Wildman–Crippen MR) is 76.7 cm³/mol. The standard InChI is InChI=1S/C13H19NO2S2/c1-10(14)6-7-18(15,16)9-12-8-11-4-2-3-5-13(11)17-12/h2-5,10,12H,6-9,14H2,1H3. The van der Waals surface area contributed by atoms with E-state index in [4.69, 9.17) is 5.73 Å². The quantitative estimate of drug-likeness (QED) is 0.897. The first-order chi connectivity index (χ1) is 8.46. The molecule has 2 atom stereocenters. The molecule has 2 rings (SSSR count). The second-order valence-electron chi connectivity index (χ2n) is 4.93. The highest BCUT2D eigenvalue weighted by atomic mass is 32.2. The smallest absolute Gasteiger partial charge is 0.151 e. The van der Waals surface area contributed by atoms with Crippen molar-refractivity contribution < 1.29 is 8.42 Å². The minimum Gasteiger partial charge on any atom is -0.328 e. The van der Waals surface area contributed by atoms with Gasteiger partial charge in [-0.05, 0) is 31.4 Å². The van der Waals surface area contributed by atoms with Crippen LogP contribution in [0.2, 0.25) is 0 Å². The molecule has 100 valence electrons. The number of hydrogen-bond acceptors (Lipinski definition) is 4. The molecule has 5 heteroatoms. The van der Waals surface area contributed by atoms with E-state index in [1.54, 1.807) is 11.8 Å². The molecule has 1 aromatic carbocycles. The first-order valence-electron chi connectivity index (χ1n) is 6.17. The molecule has 0 aliphatic carbocycles. The van der Waals surface area contributed by atoms with Gasteiger partial charge in [0.2, 0.25) is 0 Å². The van der Waals surface area contributed by atoms with Crippen LogP contribution in [-0.2, 0) is 16.3 Å².